The van der Waals surface area contributed by atoms with Gasteiger partial charge in [-0.2, -0.15) is 0 Å². The van der Waals surface area contributed by atoms with E-state index in [2.05, 4.69) is 62.0 Å². The summed E-state index contributed by atoms with van der Waals surface area (Å²) < 4.78 is 0. The van der Waals surface area contributed by atoms with E-state index < -0.39 is 0 Å². The number of benzene rings is 2. The number of nitrogens with zero attached hydrogens (tertiary/aromatic N) is 2. The van der Waals surface area contributed by atoms with Crippen molar-refractivity contribution in [3.63, 3.8) is 0 Å². The molecular formula is C40H56N2O2. The summed E-state index contributed by atoms with van der Waals surface area (Å²) in [6.45, 7) is 7.81. The van der Waals surface area contributed by atoms with Crippen molar-refractivity contribution >= 4 is 0 Å². The Hall–Kier alpha value is -2.04. The number of hydrogen-bond acceptors (Lipinski definition) is 4. The van der Waals surface area contributed by atoms with Gasteiger partial charge in [0.25, 0.3) is 0 Å². The van der Waals surface area contributed by atoms with E-state index in [0.29, 0.717) is 11.5 Å². The molecule has 8 bridgehead atoms. The van der Waals surface area contributed by atoms with E-state index in [4.69, 9.17) is 0 Å². The summed E-state index contributed by atoms with van der Waals surface area (Å²) in [6, 6.07) is 9.09. The summed E-state index contributed by atoms with van der Waals surface area (Å²) in [5, 5.41) is 23.4. The Bertz CT molecular complexity index is 1250. The Morgan fingerprint density at radius 2 is 0.841 bits per heavy atom. The quantitative estimate of drug-likeness (QED) is 0.306. The van der Waals surface area contributed by atoms with Crippen molar-refractivity contribution in [3.8, 4) is 11.5 Å². The van der Waals surface area contributed by atoms with Crippen LogP contribution in [-0.2, 0) is 23.9 Å². The molecule has 0 unspecified atom stereocenters. The SMILES string of the molecule is Cc1cc(CN(C)CCN(C)Cc2cc(C)cc(C34CC5CC(CC(C5)C3)C4)c2O)c(O)c(C23CC4CC(CC(C4)C2)C3)c1. The first-order chi connectivity index (χ1) is 21.1. The Balaban J connectivity index is 0.935. The predicted octanol–water partition coefficient (Wildman–Crippen LogP) is 8.21. The maximum absolute atomic E-state index is 11.7. The highest BCUT2D eigenvalue weighted by molar-refractivity contribution is 5.50. The molecule has 2 aromatic rings. The smallest absolute Gasteiger partial charge is 0.123 e. The standard InChI is InChI=1S/C40H56N2O2/c1-25-7-33(37(43)35(9-25)39-17-27-11-28(18-39)13-29(12-27)19-39)23-41(3)5-6-42(4)24-34-8-26(2)10-36(38(34)44)40-20-30-14-31(21-40)16-32(15-30)22-40/h7-10,27-32,43-44H,5-6,11-24H2,1-4H3. The summed E-state index contributed by atoms with van der Waals surface area (Å²) in [7, 11) is 4.38. The van der Waals surface area contributed by atoms with Gasteiger partial charge in [-0.25, -0.2) is 0 Å². The highest BCUT2D eigenvalue weighted by Crippen LogP contribution is 2.63. The molecule has 2 N–H and O–H groups in total. The number of likely N-dealkylation sites (N-methyl/N-ethyl adjacent to an activating group) is 2. The number of phenols is 2. The van der Waals surface area contributed by atoms with Crippen molar-refractivity contribution in [2.75, 3.05) is 27.2 Å². The molecule has 0 radical (unpaired) electrons. The van der Waals surface area contributed by atoms with E-state index in [1.807, 2.05) is 0 Å². The zero-order valence-electron chi connectivity index (χ0n) is 27.9. The monoisotopic (exact) mass is 596 g/mol. The molecular weight excluding hydrogens is 540 g/mol. The predicted molar refractivity (Wildman–Crippen MR) is 178 cm³/mol. The molecule has 8 aliphatic carbocycles. The van der Waals surface area contributed by atoms with Gasteiger partial charge in [0.15, 0.2) is 0 Å². The molecule has 0 saturated heterocycles. The molecule has 0 aromatic heterocycles. The first-order valence-corrected chi connectivity index (χ1v) is 18.1. The van der Waals surface area contributed by atoms with E-state index in [-0.39, 0.29) is 10.8 Å². The minimum absolute atomic E-state index is 0.212. The minimum Gasteiger partial charge on any atom is -0.507 e. The van der Waals surface area contributed by atoms with Crippen LogP contribution in [0.2, 0.25) is 0 Å². The average molecular weight is 597 g/mol. The second-order valence-electron chi connectivity index (χ2n) is 17.5. The molecule has 2 aromatic carbocycles. The molecule has 0 atom stereocenters. The zero-order valence-corrected chi connectivity index (χ0v) is 27.9. The second-order valence-corrected chi connectivity index (χ2v) is 17.5. The van der Waals surface area contributed by atoms with Crippen molar-refractivity contribution in [3.05, 3.63) is 57.6 Å². The highest BCUT2D eigenvalue weighted by Gasteiger charge is 2.54. The normalized spacial score (nSPS) is 36.7. The summed E-state index contributed by atoms with van der Waals surface area (Å²) in [5.41, 5.74) is 7.73. The van der Waals surface area contributed by atoms with E-state index in [1.165, 1.54) is 99.3 Å². The van der Waals surface area contributed by atoms with Gasteiger partial charge >= 0.3 is 0 Å². The van der Waals surface area contributed by atoms with Crippen LogP contribution in [0, 0.1) is 49.4 Å². The van der Waals surface area contributed by atoms with Crippen LogP contribution in [0.5, 0.6) is 11.5 Å². The molecule has 0 spiro atoms. The summed E-state index contributed by atoms with van der Waals surface area (Å²) in [4.78, 5) is 4.73. The number of aryl methyl sites for hydroxylation is 2. The fourth-order valence-corrected chi connectivity index (χ4v) is 12.7. The molecule has 8 fully saturated rings. The molecule has 10 rings (SSSR count). The van der Waals surface area contributed by atoms with E-state index >= 15 is 0 Å². The Morgan fingerprint density at radius 1 is 0.545 bits per heavy atom. The molecule has 4 heteroatoms. The molecule has 0 aliphatic heterocycles. The lowest BCUT2D eigenvalue weighted by Crippen LogP contribution is -2.48. The number of hydrogen-bond donors (Lipinski definition) is 2. The third-order valence-electron chi connectivity index (χ3n) is 13.6. The van der Waals surface area contributed by atoms with Gasteiger partial charge in [-0.15, -0.1) is 0 Å². The summed E-state index contributed by atoms with van der Waals surface area (Å²) in [5.74, 6) is 6.41. The van der Waals surface area contributed by atoms with Crippen molar-refractivity contribution in [1.29, 1.82) is 0 Å². The lowest BCUT2D eigenvalue weighted by atomic mass is 9.48. The molecule has 4 nitrogen and oxygen atoms in total. The molecule has 238 valence electrons. The van der Waals surface area contributed by atoms with Crippen molar-refractivity contribution < 1.29 is 10.2 Å². The van der Waals surface area contributed by atoms with Crippen LogP contribution in [0.15, 0.2) is 24.3 Å². The maximum Gasteiger partial charge on any atom is 0.123 e. The van der Waals surface area contributed by atoms with Crippen LogP contribution in [0.1, 0.15) is 110 Å². The molecule has 0 heterocycles. The van der Waals surface area contributed by atoms with Crippen LogP contribution in [0.3, 0.4) is 0 Å². The average Bonchev–Trinajstić information content (AvgIpc) is 2.94. The summed E-state index contributed by atoms with van der Waals surface area (Å²) >= 11 is 0. The molecule has 8 saturated carbocycles. The number of phenolic OH excluding ortho intramolecular Hbond substituents is 2. The van der Waals surface area contributed by atoms with Crippen LogP contribution >= 0.6 is 0 Å². The van der Waals surface area contributed by atoms with Gasteiger partial charge in [0.1, 0.15) is 11.5 Å². The van der Waals surface area contributed by atoms with Crippen LogP contribution < -0.4 is 0 Å². The summed E-state index contributed by atoms with van der Waals surface area (Å²) in [6.07, 6.45) is 16.3. The fourth-order valence-electron chi connectivity index (χ4n) is 12.7. The number of aromatic hydroxyl groups is 2. The molecule has 44 heavy (non-hydrogen) atoms. The Morgan fingerprint density at radius 3 is 1.14 bits per heavy atom. The molecule has 0 amide bonds. The van der Waals surface area contributed by atoms with Crippen molar-refractivity contribution in [2.45, 2.75) is 115 Å². The lowest BCUT2D eigenvalue weighted by Gasteiger charge is -2.57. The third kappa shape index (κ3) is 5.11. The van der Waals surface area contributed by atoms with Crippen molar-refractivity contribution in [2.24, 2.45) is 35.5 Å². The van der Waals surface area contributed by atoms with Crippen molar-refractivity contribution in [1.82, 2.24) is 9.80 Å². The van der Waals surface area contributed by atoms with E-state index in [0.717, 1.165) is 72.8 Å². The van der Waals surface area contributed by atoms with Crippen LogP contribution in [0.4, 0.5) is 0 Å². The Labute approximate surface area is 266 Å². The maximum atomic E-state index is 11.7. The van der Waals surface area contributed by atoms with Gasteiger partial charge in [-0.3, -0.25) is 0 Å². The highest BCUT2D eigenvalue weighted by atomic mass is 16.3. The third-order valence-corrected chi connectivity index (χ3v) is 13.6. The fraction of sp³-hybridized carbons (Fsp3) is 0.700. The van der Waals surface area contributed by atoms with E-state index in [1.54, 1.807) is 0 Å². The van der Waals surface area contributed by atoms with Gasteiger partial charge < -0.3 is 20.0 Å². The minimum atomic E-state index is 0.212. The van der Waals surface area contributed by atoms with Gasteiger partial charge in [0, 0.05) is 48.4 Å². The molecule has 8 aliphatic rings. The van der Waals surface area contributed by atoms with Gasteiger partial charge in [0.05, 0.1) is 0 Å². The largest absolute Gasteiger partial charge is 0.507 e. The number of rotatable bonds is 9. The van der Waals surface area contributed by atoms with E-state index in [9.17, 15) is 10.2 Å². The second kappa shape index (κ2) is 10.8. The topological polar surface area (TPSA) is 46.9 Å². The van der Waals surface area contributed by atoms with Gasteiger partial charge in [-0.05, 0) is 151 Å². The Kier molecular flexibility index (Phi) is 7.18. The first-order valence-electron chi connectivity index (χ1n) is 18.1. The van der Waals surface area contributed by atoms with Crippen LogP contribution in [0.25, 0.3) is 0 Å². The lowest BCUT2D eigenvalue weighted by molar-refractivity contribution is -0.00640. The first kappa shape index (κ1) is 29.4. The van der Waals surface area contributed by atoms with Gasteiger partial charge in [0.2, 0.25) is 0 Å². The van der Waals surface area contributed by atoms with Gasteiger partial charge in [-0.1, -0.05) is 35.4 Å². The zero-order chi connectivity index (χ0) is 30.4. The van der Waals surface area contributed by atoms with Crippen LogP contribution in [-0.4, -0.2) is 47.2 Å².